The average Bonchev–Trinajstić information content (AvgIpc) is 2.79. The molecule has 0 aromatic carbocycles. The van der Waals surface area contributed by atoms with E-state index in [-0.39, 0.29) is 51.2 Å². The van der Waals surface area contributed by atoms with Crippen molar-refractivity contribution in [1.29, 1.82) is 0 Å². The Kier molecular flexibility index (Phi) is 10.5. The van der Waals surface area contributed by atoms with Gasteiger partial charge in [-0.2, -0.15) is 30.4 Å². The van der Waals surface area contributed by atoms with E-state index in [2.05, 4.69) is 10.8 Å². The summed E-state index contributed by atoms with van der Waals surface area (Å²) in [7, 11) is -6.39. The molecule has 2 fully saturated rings. The van der Waals surface area contributed by atoms with Crippen LogP contribution in [-0.4, -0.2) is 69.0 Å². The Morgan fingerprint density at radius 3 is 2.14 bits per heavy atom. The average molecular weight is 566 g/mol. The molecule has 1 saturated heterocycles. The van der Waals surface area contributed by atoms with E-state index in [4.69, 9.17) is 14.2 Å². The summed E-state index contributed by atoms with van der Waals surface area (Å²) in [5, 5.41) is -3.48. The number of nitrogens with one attached hydrogen (secondary N) is 1. The van der Waals surface area contributed by atoms with Gasteiger partial charge in [-0.15, -0.1) is 0 Å². The van der Waals surface area contributed by atoms with Crippen molar-refractivity contribution in [1.82, 2.24) is 5.32 Å². The number of hydrogen-bond donors (Lipinski definition) is 1. The molecule has 2 aliphatic rings. The Hall–Kier alpha value is -1.84. The smallest absolute Gasteiger partial charge is 0.446 e. The predicted octanol–water partition coefficient (Wildman–Crippen LogP) is 3.58. The van der Waals surface area contributed by atoms with Gasteiger partial charge < -0.3 is 19.5 Å². The van der Waals surface area contributed by atoms with Gasteiger partial charge >= 0.3 is 33.4 Å². The Labute approximate surface area is 212 Å². The zero-order valence-corrected chi connectivity index (χ0v) is 21.3. The van der Waals surface area contributed by atoms with Crippen LogP contribution in [0.2, 0.25) is 0 Å². The first kappa shape index (κ1) is 31.4. The fourth-order valence-electron chi connectivity index (χ4n) is 4.18. The highest BCUT2D eigenvalue weighted by Gasteiger charge is 2.59. The van der Waals surface area contributed by atoms with Gasteiger partial charge in [0.2, 0.25) is 0 Å². The van der Waals surface area contributed by atoms with Crippen molar-refractivity contribution in [2.45, 2.75) is 94.3 Å². The van der Waals surface area contributed by atoms with Gasteiger partial charge in [-0.25, -0.2) is 4.79 Å². The maximum atomic E-state index is 14.6. The number of carbonyl (C=O) groups excluding carboxylic acids is 2. The monoisotopic (exact) mass is 565 g/mol. The van der Waals surface area contributed by atoms with Gasteiger partial charge in [-0.05, 0) is 38.0 Å². The zero-order chi connectivity index (χ0) is 28.1. The van der Waals surface area contributed by atoms with Crippen LogP contribution in [0, 0.1) is 5.92 Å². The van der Waals surface area contributed by atoms with Crippen LogP contribution in [0.5, 0.6) is 0 Å². The molecule has 1 amide bonds. The molecule has 1 N–H and O–H groups in total. The van der Waals surface area contributed by atoms with Crippen molar-refractivity contribution in [3.63, 3.8) is 0 Å². The fraction of sp³-hybridized carbons (Fsp3) is 0.818. The largest absolute Gasteiger partial charge is 0.459 e. The van der Waals surface area contributed by atoms with E-state index in [0.717, 1.165) is 6.08 Å². The summed E-state index contributed by atoms with van der Waals surface area (Å²) in [5.41, 5.74) is 0. The van der Waals surface area contributed by atoms with E-state index >= 15 is 0 Å². The molecule has 2 rings (SSSR count). The van der Waals surface area contributed by atoms with Crippen molar-refractivity contribution in [2.24, 2.45) is 5.92 Å². The van der Waals surface area contributed by atoms with Crippen molar-refractivity contribution in [2.75, 3.05) is 13.2 Å². The highest BCUT2D eigenvalue weighted by Crippen LogP contribution is 2.39. The van der Waals surface area contributed by atoms with Crippen molar-refractivity contribution in [3.05, 3.63) is 12.7 Å². The zero-order valence-electron chi connectivity index (χ0n) is 20.5. The molecule has 0 radical (unpaired) electrons. The number of hydrogen-bond acceptors (Lipinski definition) is 8. The second-order valence-electron chi connectivity index (χ2n) is 9.45. The summed E-state index contributed by atoms with van der Waals surface area (Å²) in [6, 6.07) is -0.913. The first-order valence-electron chi connectivity index (χ1n) is 11.8. The van der Waals surface area contributed by atoms with Crippen LogP contribution in [0.1, 0.15) is 58.8 Å². The summed E-state index contributed by atoms with van der Waals surface area (Å²) in [5.74, 6) is -5.14. The molecule has 0 aromatic rings. The van der Waals surface area contributed by atoms with Crippen molar-refractivity contribution in [3.8, 4) is 0 Å². The van der Waals surface area contributed by atoms with Gasteiger partial charge in [0.25, 0.3) is 0 Å². The standard InChI is InChI=1S/C22H32F5NO8S/c1-4-18(29)35-16-8-6-15(7-9-16)28-19(30)22(26,27)37(31,32)36-17(21(23,24)25)13-20(12-14(2)3)33-10-5-11-34-20/h4,14-17H,1,5-13H2,2-3H3,(H,28,30). The third-order valence-corrected chi connectivity index (χ3v) is 7.18. The molecular formula is C22H32F5NO8S. The van der Waals surface area contributed by atoms with Gasteiger partial charge in [0, 0.05) is 25.0 Å². The van der Waals surface area contributed by atoms with E-state index in [1.165, 1.54) is 0 Å². The molecule has 1 aliphatic carbocycles. The van der Waals surface area contributed by atoms with E-state index in [1.54, 1.807) is 13.8 Å². The van der Waals surface area contributed by atoms with Gasteiger partial charge in [0.05, 0.1) is 13.2 Å². The second kappa shape index (κ2) is 12.3. The molecule has 1 aliphatic heterocycles. The van der Waals surface area contributed by atoms with E-state index in [9.17, 15) is 40.0 Å². The Bertz CT molecular complexity index is 911. The predicted molar refractivity (Wildman–Crippen MR) is 119 cm³/mol. The van der Waals surface area contributed by atoms with Gasteiger partial charge in [0.1, 0.15) is 6.10 Å². The number of rotatable bonds is 11. The minimum atomic E-state index is -6.39. The lowest BCUT2D eigenvalue weighted by Gasteiger charge is -2.40. The van der Waals surface area contributed by atoms with Crippen molar-refractivity contribution < 1.29 is 58.4 Å². The number of amides is 1. The van der Waals surface area contributed by atoms with Gasteiger partial charge in [-0.1, -0.05) is 20.4 Å². The molecule has 1 atom stereocenters. The molecule has 1 saturated carbocycles. The summed E-state index contributed by atoms with van der Waals surface area (Å²) < 4.78 is 115. The van der Waals surface area contributed by atoms with E-state index in [0.29, 0.717) is 6.42 Å². The second-order valence-corrected chi connectivity index (χ2v) is 11.1. The molecule has 37 heavy (non-hydrogen) atoms. The number of alkyl halides is 5. The first-order chi connectivity index (χ1) is 17.0. The lowest BCUT2D eigenvalue weighted by Crippen LogP contribution is -2.53. The van der Waals surface area contributed by atoms with Crippen molar-refractivity contribution >= 4 is 22.0 Å². The van der Waals surface area contributed by atoms with Crippen LogP contribution in [0.4, 0.5) is 22.0 Å². The quantitative estimate of drug-likeness (QED) is 0.175. The van der Waals surface area contributed by atoms with Crippen LogP contribution >= 0.6 is 0 Å². The molecule has 1 heterocycles. The minimum Gasteiger partial charge on any atom is -0.459 e. The van der Waals surface area contributed by atoms with Crippen LogP contribution in [0.25, 0.3) is 0 Å². The summed E-state index contributed by atoms with van der Waals surface area (Å²) in [6.07, 6.45) is -8.65. The maximum absolute atomic E-state index is 14.6. The van der Waals surface area contributed by atoms with Gasteiger partial charge in [0.15, 0.2) is 11.9 Å². The molecule has 0 spiro atoms. The van der Waals surface area contributed by atoms with Gasteiger partial charge in [-0.3, -0.25) is 8.98 Å². The highest BCUT2D eigenvalue weighted by molar-refractivity contribution is 7.88. The third-order valence-electron chi connectivity index (χ3n) is 5.88. The topological polar surface area (TPSA) is 117 Å². The molecule has 1 unspecified atom stereocenters. The highest BCUT2D eigenvalue weighted by atomic mass is 32.2. The Morgan fingerprint density at radius 1 is 1.08 bits per heavy atom. The summed E-state index contributed by atoms with van der Waals surface area (Å²) >= 11 is 0. The lowest BCUT2D eigenvalue weighted by atomic mass is 9.93. The number of halogens is 5. The fourth-order valence-corrected chi connectivity index (χ4v) is 5.07. The number of carbonyl (C=O) groups is 2. The summed E-state index contributed by atoms with van der Waals surface area (Å²) in [6.45, 7) is 6.63. The first-order valence-corrected chi connectivity index (χ1v) is 13.2. The van der Waals surface area contributed by atoms with Crippen LogP contribution in [0.15, 0.2) is 12.7 Å². The number of esters is 1. The van der Waals surface area contributed by atoms with Crippen LogP contribution in [0.3, 0.4) is 0 Å². The molecule has 214 valence electrons. The minimum absolute atomic E-state index is 0.0254. The molecule has 15 heteroatoms. The Morgan fingerprint density at radius 2 is 1.65 bits per heavy atom. The molecule has 9 nitrogen and oxygen atoms in total. The summed E-state index contributed by atoms with van der Waals surface area (Å²) in [4.78, 5) is 23.4. The third kappa shape index (κ3) is 8.58. The Balaban J connectivity index is 2.11. The number of ether oxygens (including phenoxy) is 3. The van der Waals surface area contributed by atoms with Crippen LogP contribution < -0.4 is 5.32 Å². The van der Waals surface area contributed by atoms with E-state index < -0.39 is 63.9 Å². The SMILES string of the molecule is C=CC(=O)OC1CCC(NC(=O)C(F)(F)S(=O)(=O)OC(CC2(CC(C)C)OCCCO2)C(F)(F)F)CC1. The lowest BCUT2D eigenvalue weighted by molar-refractivity contribution is -0.302. The molecular weight excluding hydrogens is 533 g/mol. The molecule has 0 bridgehead atoms. The van der Waals surface area contributed by atoms with E-state index in [1.807, 2.05) is 5.32 Å². The molecule has 0 aromatic heterocycles. The normalized spacial score (nSPS) is 23.8. The van der Waals surface area contributed by atoms with Crippen LogP contribution in [-0.2, 0) is 38.1 Å². The maximum Gasteiger partial charge on any atom is 0.446 e.